The Kier molecular flexibility index (Phi) is 6.04. The fraction of sp³-hybridized carbons (Fsp3) is 0.217. The smallest absolute Gasteiger partial charge is 0.173 e. The summed E-state index contributed by atoms with van der Waals surface area (Å²) < 4.78 is 0. The molecule has 0 aliphatic carbocycles. The molecule has 1 aliphatic heterocycles. The lowest BCUT2D eigenvalue weighted by Crippen LogP contribution is -2.46. The number of hydrogen-bond acceptors (Lipinski definition) is 5. The minimum Gasteiger partial charge on any atom is -0.353 e. The molecular weight excluding hydrogens is 471 g/mol. The molecule has 1 saturated heterocycles. The van der Waals surface area contributed by atoms with Crippen LogP contribution in [-0.2, 0) is 6.54 Å². The topological polar surface area (TPSA) is 32.3 Å². The quantitative estimate of drug-likeness (QED) is 0.321. The average Bonchev–Trinajstić information content (AvgIpc) is 3.21. The third kappa shape index (κ3) is 4.38. The monoisotopic (exact) mass is 488 g/mol. The maximum Gasteiger partial charge on any atom is 0.173 e. The normalized spacial score (nSPS) is 15.0. The van der Waals surface area contributed by atoms with E-state index in [1.165, 1.54) is 0 Å². The zero-order valence-electron chi connectivity index (χ0n) is 16.6. The van der Waals surface area contributed by atoms with Gasteiger partial charge in [-0.1, -0.05) is 53.0 Å². The highest BCUT2D eigenvalue weighted by Crippen LogP contribution is 2.34. The summed E-state index contributed by atoms with van der Waals surface area (Å²) in [7, 11) is 0. The van der Waals surface area contributed by atoms with Gasteiger partial charge in [0.25, 0.3) is 0 Å². The van der Waals surface area contributed by atoms with Crippen molar-refractivity contribution in [3.05, 3.63) is 74.5 Å². The van der Waals surface area contributed by atoms with Crippen molar-refractivity contribution in [1.29, 1.82) is 0 Å². The van der Waals surface area contributed by atoms with Crippen molar-refractivity contribution in [2.75, 3.05) is 31.1 Å². The summed E-state index contributed by atoms with van der Waals surface area (Å²) in [6.07, 6.45) is 0. The van der Waals surface area contributed by atoms with Crippen molar-refractivity contribution >= 4 is 62.9 Å². The van der Waals surface area contributed by atoms with Gasteiger partial charge in [0.1, 0.15) is 5.82 Å². The van der Waals surface area contributed by atoms with Gasteiger partial charge in [0.05, 0.1) is 15.4 Å². The number of para-hydroxylation sites is 1. The molecule has 0 amide bonds. The van der Waals surface area contributed by atoms with E-state index in [0.29, 0.717) is 20.9 Å². The van der Waals surface area contributed by atoms with Crippen LogP contribution in [0.25, 0.3) is 21.6 Å². The number of rotatable bonds is 4. The van der Waals surface area contributed by atoms with Crippen molar-refractivity contribution in [3.8, 4) is 10.7 Å². The Morgan fingerprint density at radius 1 is 0.871 bits per heavy atom. The minimum atomic E-state index is 0.663. The Balaban J connectivity index is 1.39. The molecule has 3 heterocycles. The van der Waals surface area contributed by atoms with E-state index >= 15 is 0 Å². The van der Waals surface area contributed by atoms with Crippen molar-refractivity contribution in [1.82, 2.24) is 14.9 Å². The van der Waals surface area contributed by atoms with Crippen LogP contribution < -0.4 is 4.90 Å². The largest absolute Gasteiger partial charge is 0.353 e. The molecule has 8 heteroatoms. The van der Waals surface area contributed by atoms with Crippen molar-refractivity contribution in [2.45, 2.75) is 6.54 Å². The zero-order chi connectivity index (χ0) is 21.4. The molecule has 0 radical (unpaired) electrons. The second-order valence-electron chi connectivity index (χ2n) is 7.48. The molecule has 0 N–H and O–H groups in total. The molecule has 4 nitrogen and oxygen atoms in total. The lowest BCUT2D eigenvalue weighted by Gasteiger charge is -2.36. The van der Waals surface area contributed by atoms with Gasteiger partial charge in [0.2, 0.25) is 0 Å². The van der Waals surface area contributed by atoms with Gasteiger partial charge in [-0.15, -0.1) is 11.3 Å². The third-order valence-corrected chi connectivity index (χ3v) is 7.41. The number of benzene rings is 2. The first kappa shape index (κ1) is 21.0. The van der Waals surface area contributed by atoms with Crippen molar-refractivity contribution in [2.24, 2.45) is 0 Å². The number of nitrogens with zero attached hydrogens (tertiary/aromatic N) is 4. The third-order valence-electron chi connectivity index (χ3n) is 5.48. The first-order valence-corrected chi connectivity index (χ1v) is 12.0. The van der Waals surface area contributed by atoms with Crippen molar-refractivity contribution < 1.29 is 0 Å². The van der Waals surface area contributed by atoms with Crippen LogP contribution in [-0.4, -0.2) is 41.0 Å². The van der Waals surface area contributed by atoms with Gasteiger partial charge < -0.3 is 4.90 Å². The molecule has 2 aromatic carbocycles. The number of thiophene rings is 1. The lowest BCUT2D eigenvalue weighted by molar-refractivity contribution is 0.249. The molecule has 0 spiro atoms. The number of aromatic nitrogens is 2. The molecule has 0 unspecified atom stereocenters. The van der Waals surface area contributed by atoms with Gasteiger partial charge in [-0.25, -0.2) is 9.97 Å². The van der Waals surface area contributed by atoms with E-state index in [1.807, 2.05) is 41.8 Å². The van der Waals surface area contributed by atoms with Gasteiger partial charge >= 0.3 is 0 Å². The number of fused-ring (bicyclic) bond motifs is 1. The highest BCUT2D eigenvalue weighted by atomic mass is 35.5. The SMILES string of the molecule is Clc1ccc(CN2CCN(c3nc(-c4sccc4Cl)nc4ccccc34)CC2)c(Cl)c1. The molecule has 4 aromatic rings. The molecule has 1 fully saturated rings. The molecule has 1 aliphatic rings. The van der Waals surface area contributed by atoms with E-state index in [2.05, 4.69) is 15.9 Å². The van der Waals surface area contributed by atoms with Crippen molar-refractivity contribution in [3.63, 3.8) is 0 Å². The second kappa shape index (κ2) is 8.93. The number of anilines is 1. The van der Waals surface area contributed by atoms with Crippen LogP contribution in [0.5, 0.6) is 0 Å². The first-order valence-electron chi connectivity index (χ1n) is 10.00. The van der Waals surface area contributed by atoms with Crippen LogP contribution in [0.4, 0.5) is 5.82 Å². The Labute approximate surface area is 200 Å². The predicted molar refractivity (Wildman–Crippen MR) is 132 cm³/mol. The van der Waals surface area contributed by atoms with Crippen LogP contribution >= 0.6 is 46.1 Å². The average molecular weight is 490 g/mol. The zero-order valence-corrected chi connectivity index (χ0v) is 19.6. The summed E-state index contributed by atoms with van der Waals surface area (Å²) in [5.74, 6) is 1.65. The molecule has 5 rings (SSSR count). The fourth-order valence-corrected chi connectivity index (χ4v) is 5.41. The summed E-state index contributed by atoms with van der Waals surface area (Å²) in [5.41, 5.74) is 2.03. The van der Waals surface area contributed by atoms with Gasteiger partial charge in [-0.3, -0.25) is 4.90 Å². The maximum atomic E-state index is 6.37. The first-order chi connectivity index (χ1) is 15.1. The summed E-state index contributed by atoms with van der Waals surface area (Å²) in [6, 6.07) is 15.8. The number of halogens is 3. The minimum absolute atomic E-state index is 0.663. The maximum absolute atomic E-state index is 6.37. The van der Waals surface area contributed by atoms with E-state index in [-0.39, 0.29) is 0 Å². The van der Waals surface area contributed by atoms with E-state index in [0.717, 1.165) is 59.9 Å². The predicted octanol–water partition coefficient (Wildman–Crippen LogP) is 6.64. The highest BCUT2D eigenvalue weighted by molar-refractivity contribution is 7.14. The fourth-order valence-electron chi connectivity index (χ4n) is 3.86. The van der Waals surface area contributed by atoms with Gasteiger partial charge in [0.15, 0.2) is 5.82 Å². The van der Waals surface area contributed by atoms with Crippen LogP contribution in [0.3, 0.4) is 0 Å². The van der Waals surface area contributed by atoms with Crippen LogP contribution in [0.1, 0.15) is 5.56 Å². The molecule has 0 bridgehead atoms. The molecule has 2 aromatic heterocycles. The van der Waals surface area contributed by atoms with E-state index in [9.17, 15) is 0 Å². The Morgan fingerprint density at radius 3 is 2.42 bits per heavy atom. The Morgan fingerprint density at radius 2 is 1.68 bits per heavy atom. The molecule has 31 heavy (non-hydrogen) atoms. The van der Waals surface area contributed by atoms with Crippen LogP contribution in [0.2, 0.25) is 15.1 Å². The van der Waals surface area contributed by atoms with Gasteiger partial charge in [-0.2, -0.15) is 0 Å². The molecular formula is C23H19Cl3N4S. The van der Waals surface area contributed by atoms with E-state index in [1.54, 1.807) is 17.4 Å². The summed E-state index contributed by atoms with van der Waals surface area (Å²) >= 11 is 20.3. The Bertz CT molecular complexity index is 1230. The Hall–Kier alpha value is -1.89. The van der Waals surface area contributed by atoms with E-state index < -0.39 is 0 Å². The van der Waals surface area contributed by atoms with E-state index in [4.69, 9.17) is 44.8 Å². The van der Waals surface area contributed by atoms with Gasteiger partial charge in [-0.05, 0) is 41.3 Å². The highest BCUT2D eigenvalue weighted by Gasteiger charge is 2.22. The summed E-state index contributed by atoms with van der Waals surface area (Å²) in [4.78, 5) is 15.4. The van der Waals surface area contributed by atoms with Crippen LogP contribution in [0.15, 0.2) is 53.9 Å². The van der Waals surface area contributed by atoms with Crippen LogP contribution in [0, 0.1) is 0 Å². The number of hydrogen-bond donors (Lipinski definition) is 0. The standard InChI is InChI=1S/C23H19Cl3N4S/c24-16-6-5-15(19(26)13-16)14-29-8-10-30(11-9-29)23-17-3-1-2-4-20(17)27-22(28-23)21-18(25)7-12-31-21/h1-7,12-13H,8-11,14H2. The molecule has 158 valence electrons. The summed E-state index contributed by atoms with van der Waals surface area (Å²) in [6.45, 7) is 4.41. The number of piperazine rings is 1. The second-order valence-corrected chi connectivity index (χ2v) is 9.65. The molecule has 0 atom stereocenters. The van der Waals surface area contributed by atoms with Gasteiger partial charge in [0, 0.05) is 48.2 Å². The summed E-state index contributed by atoms with van der Waals surface area (Å²) in [5, 5.41) is 5.10. The lowest BCUT2D eigenvalue weighted by atomic mass is 10.1. The molecule has 0 saturated carbocycles.